The highest BCUT2D eigenvalue weighted by molar-refractivity contribution is 5.91. The van der Waals surface area contributed by atoms with Crippen LogP contribution >= 0.6 is 0 Å². The third-order valence-electron chi connectivity index (χ3n) is 11.7. The molecule has 3 aromatic carbocycles. The Bertz CT molecular complexity index is 1720. The third kappa shape index (κ3) is 8.79. The zero-order valence-electron chi connectivity index (χ0n) is 31.2. The van der Waals surface area contributed by atoms with Gasteiger partial charge < -0.3 is 29.9 Å². The molecule has 3 saturated heterocycles. The van der Waals surface area contributed by atoms with E-state index < -0.39 is 12.2 Å². The standard InChI is InChI=1S/C42H54N6O5/c1-30-26-33(27-31(2)39(30)49)28-38(40(50)46-24-22-45(23-25-46)35-13-17-44(18-14-35)29-32-8-4-3-5-9-32)53-42(52)47-19-15-36(16-20-47)48-21-12-34-10-6-7-11-37(34)43-41(48)51/h3-11,26-27,35-36,38,49H,12-25,28-29H2,1-2H3,(H,43,51)/t38-/m1/s1. The van der Waals surface area contributed by atoms with Crippen LogP contribution in [-0.2, 0) is 28.9 Å². The summed E-state index contributed by atoms with van der Waals surface area (Å²) >= 11 is 0. The van der Waals surface area contributed by atoms with Crippen LogP contribution in [0.25, 0.3) is 0 Å². The van der Waals surface area contributed by atoms with Gasteiger partial charge in [0.05, 0.1) is 0 Å². The molecule has 4 aliphatic heterocycles. The Labute approximate surface area is 313 Å². The molecule has 11 nitrogen and oxygen atoms in total. The lowest BCUT2D eigenvalue weighted by Gasteiger charge is -2.43. The molecule has 1 atom stereocenters. The number of piperazine rings is 1. The Hall–Kier alpha value is -4.61. The van der Waals surface area contributed by atoms with Crippen LogP contribution in [0.1, 0.15) is 53.5 Å². The van der Waals surface area contributed by atoms with E-state index in [1.807, 2.05) is 60.0 Å². The van der Waals surface area contributed by atoms with Crippen LogP contribution < -0.4 is 5.32 Å². The predicted molar refractivity (Wildman–Crippen MR) is 205 cm³/mol. The zero-order valence-corrected chi connectivity index (χ0v) is 31.2. The molecule has 53 heavy (non-hydrogen) atoms. The Balaban J connectivity index is 0.945. The summed E-state index contributed by atoms with van der Waals surface area (Å²) in [5, 5.41) is 13.5. The van der Waals surface area contributed by atoms with Gasteiger partial charge in [0.1, 0.15) is 5.75 Å². The van der Waals surface area contributed by atoms with Gasteiger partial charge in [-0.3, -0.25) is 14.6 Å². The summed E-state index contributed by atoms with van der Waals surface area (Å²) in [6.07, 6.45) is 3.05. The fourth-order valence-corrected chi connectivity index (χ4v) is 8.65. The molecule has 11 heteroatoms. The Morgan fingerprint density at radius 3 is 2.11 bits per heavy atom. The summed E-state index contributed by atoms with van der Waals surface area (Å²) in [6, 6.07) is 22.7. The summed E-state index contributed by atoms with van der Waals surface area (Å²) in [5.41, 5.74) is 5.63. The maximum atomic E-state index is 14.2. The van der Waals surface area contributed by atoms with Crippen molar-refractivity contribution in [3.05, 3.63) is 94.5 Å². The molecule has 0 aromatic heterocycles. The Morgan fingerprint density at radius 2 is 1.42 bits per heavy atom. The highest BCUT2D eigenvalue weighted by Gasteiger charge is 2.36. The van der Waals surface area contributed by atoms with Crippen molar-refractivity contribution in [2.24, 2.45) is 0 Å². The van der Waals surface area contributed by atoms with Crippen LogP contribution in [0.15, 0.2) is 66.7 Å². The van der Waals surface area contributed by atoms with Crippen molar-refractivity contribution in [1.29, 1.82) is 0 Å². The number of fused-ring (bicyclic) bond motifs is 1. The average Bonchev–Trinajstić information content (AvgIpc) is 3.35. The normalized spacial score (nSPS) is 20.0. The summed E-state index contributed by atoms with van der Waals surface area (Å²) in [6.45, 7) is 11.1. The molecular formula is C42H54N6O5. The number of likely N-dealkylation sites (tertiary alicyclic amines) is 2. The van der Waals surface area contributed by atoms with Crippen LogP contribution in [-0.4, -0.2) is 125 Å². The molecule has 4 heterocycles. The molecule has 0 bridgehead atoms. The maximum Gasteiger partial charge on any atom is 0.410 e. The van der Waals surface area contributed by atoms with E-state index in [9.17, 15) is 19.5 Å². The first-order valence-electron chi connectivity index (χ1n) is 19.4. The quantitative estimate of drug-likeness (QED) is 0.320. The van der Waals surface area contributed by atoms with Gasteiger partial charge in [-0.1, -0.05) is 60.7 Å². The predicted octanol–water partition coefficient (Wildman–Crippen LogP) is 5.42. The van der Waals surface area contributed by atoms with E-state index in [1.54, 1.807) is 4.90 Å². The number of hydrogen-bond acceptors (Lipinski definition) is 7. The number of urea groups is 1. The van der Waals surface area contributed by atoms with Crippen molar-refractivity contribution in [3.63, 3.8) is 0 Å². The number of anilines is 1. The van der Waals surface area contributed by atoms with Gasteiger partial charge in [-0.2, -0.15) is 0 Å². The minimum atomic E-state index is -0.980. The number of hydrogen-bond donors (Lipinski definition) is 2. The van der Waals surface area contributed by atoms with Crippen molar-refractivity contribution in [1.82, 2.24) is 24.5 Å². The molecule has 0 radical (unpaired) electrons. The van der Waals surface area contributed by atoms with Gasteiger partial charge >= 0.3 is 12.1 Å². The number of aromatic hydroxyl groups is 1. The van der Waals surface area contributed by atoms with Crippen LogP contribution in [0.3, 0.4) is 0 Å². The Morgan fingerprint density at radius 1 is 0.774 bits per heavy atom. The van der Waals surface area contributed by atoms with Crippen LogP contribution in [0.4, 0.5) is 15.3 Å². The van der Waals surface area contributed by atoms with Crippen LogP contribution in [0.2, 0.25) is 0 Å². The van der Waals surface area contributed by atoms with E-state index in [0.717, 1.165) is 79.9 Å². The second-order valence-corrected chi connectivity index (χ2v) is 15.3. The molecule has 0 saturated carbocycles. The summed E-state index contributed by atoms with van der Waals surface area (Å²) in [5.74, 6) is 0.0650. The van der Waals surface area contributed by atoms with Gasteiger partial charge in [-0.05, 0) is 92.9 Å². The number of carbonyl (C=O) groups is 3. The number of nitrogens with zero attached hydrogens (tertiary/aromatic N) is 5. The number of piperidine rings is 2. The number of nitrogens with one attached hydrogen (secondary N) is 1. The number of rotatable bonds is 8. The van der Waals surface area contributed by atoms with Gasteiger partial charge in [0, 0.05) is 76.5 Å². The molecule has 0 spiro atoms. The molecule has 282 valence electrons. The highest BCUT2D eigenvalue weighted by Crippen LogP contribution is 2.27. The van der Waals surface area contributed by atoms with Crippen molar-refractivity contribution < 1.29 is 24.2 Å². The molecule has 4 amide bonds. The smallest absolute Gasteiger partial charge is 0.410 e. The first-order chi connectivity index (χ1) is 25.7. The second-order valence-electron chi connectivity index (χ2n) is 15.3. The molecule has 0 aliphatic carbocycles. The minimum Gasteiger partial charge on any atom is -0.507 e. The van der Waals surface area contributed by atoms with E-state index in [-0.39, 0.29) is 30.2 Å². The second kappa shape index (κ2) is 16.6. The summed E-state index contributed by atoms with van der Waals surface area (Å²) < 4.78 is 6.11. The fraction of sp³-hybridized carbons (Fsp3) is 0.500. The molecule has 3 aromatic rings. The van der Waals surface area contributed by atoms with Crippen molar-refractivity contribution in [3.8, 4) is 5.75 Å². The number of phenolic OH excluding ortho intramolecular Hbond substituents is 1. The van der Waals surface area contributed by atoms with E-state index in [4.69, 9.17) is 4.74 Å². The third-order valence-corrected chi connectivity index (χ3v) is 11.7. The highest BCUT2D eigenvalue weighted by atomic mass is 16.6. The average molecular weight is 723 g/mol. The van der Waals surface area contributed by atoms with Gasteiger partial charge in [0.25, 0.3) is 5.91 Å². The SMILES string of the molecule is Cc1cc(C[C@@H](OC(=O)N2CCC(N3CCc4ccccc4NC3=O)CC2)C(=O)N2CCN(C3CCN(Cc4ccccc4)CC3)CC2)cc(C)c1O. The minimum absolute atomic E-state index is 0.0149. The number of phenols is 1. The number of benzene rings is 3. The molecule has 0 unspecified atom stereocenters. The molecule has 4 aliphatic rings. The van der Waals surface area contributed by atoms with E-state index >= 15 is 0 Å². The largest absolute Gasteiger partial charge is 0.507 e. The number of ether oxygens (including phenoxy) is 1. The first kappa shape index (κ1) is 36.7. The van der Waals surface area contributed by atoms with Gasteiger partial charge in [0.15, 0.2) is 6.10 Å². The topological polar surface area (TPSA) is 109 Å². The van der Waals surface area contributed by atoms with Crippen molar-refractivity contribution in [2.45, 2.75) is 77.1 Å². The van der Waals surface area contributed by atoms with Crippen LogP contribution in [0.5, 0.6) is 5.75 Å². The molecule has 2 N–H and O–H groups in total. The maximum absolute atomic E-state index is 14.2. The number of para-hydroxylation sites is 1. The molecule has 7 rings (SSSR count). The molecule has 3 fully saturated rings. The van der Waals surface area contributed by atoms with E-state index in [2.05, 4.69) is 45.4 Å². The lowest BCUT2D eigenvalue weighted by molar-refractivity contribution is -0.143. The number of amides is 4. The van der Waals surface area contributed by atoms with Gasteiger partial charge in [0.2, 0.25) is 0 Å². The van der Waals surface area contributed by atoms with Crippen molar-refractivity contribution >= 4 is 23.7 Å². The lowest BCUT2D eigenvalue weighted by Crippen LogP contribution is -2.56. The first-order valence-corrected chi connectivity index (χ1v) is 19.4. The Kier molecular flexibility index (Phi) is 11.5. The van der Waals surface area contributed by atoms with E-state index in [1.165, 1.54) is 5.56 Å². The number of carbonyl (C=O) groups excluding carboxylic acids is 3. The van der Waals surface area contributed by atoms with Gasteiger partial charge in [-0.25, -0.2) is 9.59 Å². The lowest BCUT2D eigenvalue weighted by atomic mass is 10.00. The summed E-state index contributed by atoms with van der Waals surface area (Å²) in [7, 11) is 0. The fourth-order valence-electron chi connectivity index (χ4n) is 8.65. The monoisotopic (exact) mass is 722 g/mol. The summed E-state index contributed by atoms with van der Waals surface area (Å²) in [4.78, 5) is 51.5. The van der Waals surface area contributed by atoms with Gasteiger partial charge in [-0.15, -0.1) is 0 Å². The van der Waals surface area contributed by atoms with Crippen LogP contribution in [0, 0.1) is 13.8 Å². The molecular weight excluding hydrogens is 668 g/mol. The van der Waals surface area contributed by atoms with Crippen molar-refractivity contribution in [2.75, 3.05) is 64.2 Å². The zero-order chi connectivity index (χ0) is 36.9. The number of aryl methyl sites for hydroxylation is 2. The van der Waals surface area contributed by atoms with E-state index in [0.29, 0.717) is 51.6 Å².